The Bertz CT molecular complexity index is 869. The standard InChI is InChI=1S/C19H18FN3O/c1-13-7-9-16(10-8-13)23-18(11-14(2)22-23)21-19(24)12-15-5-3-4-6-17(15)20/h3-11H,12H2,1-2H3,(H,21,24). The number of amides is 1. The van der Waals surface area contributed by atoms with Crippen LogP contribution >= 0.6 is 0 Å². The summed E-state index contributed by atoms with van der Waals surface area (Å²) in [7, 11) is 0. The molecule has 0 aliphatic rings. The van der Waals surface area contributed by atoms with E-state index < -0.39 is 0 Å². The molecule has 0 unspecified atom stereocenters. The number of anilines is 1. The van der Waals surface area contributed by atoms with Gasteiger partial charge in [-0.3, -0.25) is 4.79 Å². The molecule has 3 rings (SSSR count). The van der Waals surface area contributed by atoms with Crippen LogP contribution < -0.4 is 5.32 Å². The predicted molar refractivity (Wildman–Crippen MR) is 91.8 cm³/mol. The van der Waals surface area contributed by atoms with Gasteiger partial charge in [-0.15, -0.1) is 0 Å². The van der Waals surface area contributed by atoms with E-state index in [4.69, 9.17) is 0 Å². The number of hydrogen-bond donors (Lipinski definition) is 1. The Balaban J connectivity index is 1.81. The van der Waals surface area contributed by atoms with E-state index in [1.54, 1.807) is 28.9 Å². The number of carbonyl (C=O) groups excluding carboxylic acids is 1. The number of benzene rings is 2. The third-order valence-corrected chi connectivity index (χ3v) is 3.69. The molecule has 0 fully saturated rings. The number of nitrogens with one attached hydrogen (secondary N) is 1. The van der Waals surface area contributed by atoms with Crippen molar-refractivity contribution in [1.29, 1.82) is 0 Å². The van der Waals surface area contributed by atoms with E-state index in [1.807, 2.05) is 38.1 Å². The number of aromatic nitrogens is 2. The normalized spacial score (nSPS) is 10.6. The van der Waals surface area contributed by atoms with E-state index in [-0.39, 0.29) is 18.1 Å². The largest absolute Gasteiger partial charge is 0.310 e. The highest BCUT2D eigenvalue weighted by atomic mass is 19.1. The fourth-order valence-corrected chi connectivity index (χ4v) is 2.47. The molecule has 0 aliphatic heterocycles. The maximum atomic E-state index is 13.7. The second kappa shape index (κ2) is 6.66. The summed E-state index contributed by atoms with van der Waals surface area (Å²) >= 11 is 0. The van der Waals surface area contributed by atoms with Gasteiger partial charge in [-0.1, -0.05) is 35.9 Å². The van der Waals surface area contributed by atoms with Crippen LogP contribution in [0.3, 0.4) is 0 Å². The average Bonchev–Trinajstić information content (AvgIpc) is 2.90. The van der Waals surface area contributed by atoms with Gasteiger partial charge in [0.2, 0.25) is 5.91 Å². The van der Waals surface area contributed by atoms with Crippen LogP contribution in [0.1, 0.15) is 16.8 Å². The molecule has 1 amide bonds. The molecular formula is C19H18FN3O. The van der Waals surface area contributed by atoms with Gasteiger partial charge in [0, 0.05) is 6.07 Å². The third kappa shape index (κ3) is 3.51. The van der Waals surface area contributed by atoms with Gasteiger partial charge in [-0.2, -0.15) is 5.10 Å². The van der Waals surface area contributed by atoms with Gasteiger partial charge in [0.25, 0.3) is 0 Å². The van der Waals surface area contributed by atoms with Crippen LogP contribution in [0.15, 0.2) is 54.6 Å². The van der Waals surface area contributed by atoms with Crippen molar-refractivity contribution in [3.63, 3.8) is 0 Å². The molecule has 0 atom stereocenters. The topological polar surface area (TPSA) is 46.9 Å². The van der Waals surface area contributed by atoms with Crippen molar-refractivity contribution in [1.82, 2.24) is 9.78 Å². The molecular weight excluding hydrogens is 305 g/mol. The Labute approximate surface area is 139 Å². The van der Waals surface area contributed by atoms with Crippen LogP contribution in [0.25, 0.3) is 5.69 Å². The first-order valence-electron chi connectivity index (χ1n) is 7.70. The zero-order valence-electron chi connectivity index (χ0n) is 13.6. The Hall–Kier alpha value is -2.95. The van der Waals surface area contributed by atoms with E-state index in [0.717, 1.165) is 16.9 Å². The van der Waals surface area contributed by atoms with Gasteiger partial charge in [0.1, 0.15) is 11.6 Å². The summed E-state index contributed by atoms with van der Waals surface area (Å²) in [4.78, 5) is 12.3. The van der Waals surface area contributed by atoms with Gasteiger partial charge in [-0.05, 0) is 37.6 Å². The van der Waals surface area contributed by atoms with Gasteiger partial charge < -0.3 is 5.32 Å². The van der Waals surface area contributed by atoms with Crippen molar-refractivity contribution in [2.24, 2.45) is 0 Å². The molecule has 0 saturated heterocycles. The first kappa shape index (κ1) is 15.9. The van der Waals surface area contributed by atoms with Crippen LogP contribution in [0, 0.1) is 19.7 Å². The van der Waals surface area contributed by atoms with Crippen molar-refractivity contribution in [3.8, 4) is 5.69 Å². The molecule has 1 N–H and O–H groups in total. The van der Waals surface area contributed by atoms with Crippen molar-refractivity contribution in [2.75, 3.05) is 5.32 Å². The molecule has 1 aromatic heterocycles. The molecule has 4 nitrogen and oxygen atoms in total. The van der Waals surface area contributed by atoms with Gasteiger partial charge in [-0.25, -0.2) is 9.07 Å². The zero-order valence-corrected chi connectivity index (χ0v) is 13.6. The van der Waals surface area contributed by atoms with E-state index in [9.17, 15) is 9.18 Å². The fraction of sp³-hybridized carbons (Fsp3) is 0.158. The van der Waals surface area contributed by atoms with Crippen LogP contribution in [0.4, 0.5) is 10.2 Å². The molecule has 122 valence electrons. The third-order valence-electron chi connectivity index (χ3n) is 3.69. The Morgan fingerprint density at radius 3 is 2.54 bits per heavy atom. The molecule has 1 heterocycles. The van der Waals surface area contributed by atoms with E-state index in [2.05, 4.69) is 10.4 Å². The maximum Gasteiger partial charge on any atom is 0.230 e. The average molecular weight is 323 g/mol. The number of hydrogen-bond acceptors (Lipinski definition) is 2. The van der Waals surface area contributed by atoms with Crippen molar-refractivity contribution < 1.29 is 9.18 Å². The molecule has 0 aliphatic carbocycles. The zero-order chi connectivity index (χ0) is 17.1. The van der Waals surface area contributed by atoms with Crippen LogP contribution in [0.2, 0.25) is 0 Å². The second-order valence-corrected chi connectivity index (χ2v) is 5.73. The summed E-state index contributed by atoms with van der Waals surface area (Å²) in [6, 6.07) is 15.9. The highest BCUT2D eigenvalue weighted by Crippen LogP contribution is 2.18. The molecule has 3 aromatic rings. The summed E-state index contributed by atoms with van der Waals surface area (Å²) in [5, 5.41) is 7.23. The monoisotopic (exact) mass is 323 g/mol. The van der Waals surface area contributed by atoms with Gasteiger partial charge >= 0.3 is 0 Å². The van der Waals surface area contributed by atoms with Crippen LogP contribution in [0.5, 0.6) is 0 Å². The summed E-state index contributed by atoms with van der Waals surface area (Å²) in [6.45, 7) is 3.87. The lowest BCUT2D eigenvalue weighted by molar-refractivity contribution is -0.115. The smallest absolute Gasteiger partial charge is 0.230 e. The molecule has 24 heavy (non-hydrogen) atoms. The molecule has 0 bridgehead atoms. The van der Waals surface area contributed by atoms with Crippen molar-refractivity contribution >= 4 is 11.7 Å². The van der Waals surface area contributed by atoms with Crippen molar-refractivity contribution in [2.45, 2.75) is 20.3 Å². The fourth-order valence-electron chi connectivity index (χ4n) is 2.47. The number of nitrogens with zero attached hydrogens (tertiary/aromatic N) is 2. The molecule has 2 aromatic carbocycles. The molecule has 0 spiro atoms. The van der Waals surface area contributed by atoms with Crippen LogP contribution in [-0.2, 0) is 11.2 Å². The first-order chi connectivity index (χ1) is 11.5. The minimum Gasteiger partial charge on any atom is -0.310 e. The summed E-state index contributed by atoms with van der Waals surface area (Å²) in [5.41, 5.74) is 3.16. The highest BCUT2D eigenvalue weighted by Gasteiger charge is 2.13. The minimum absolute atomic E-state index is 0.0230. The first-order valence-corrected chi connectivity index (χ1v) is 7.70. The van der Waals surface area contributed by atoms with Crippen molar-refractivity contribution in [3.05, 3.63) is 77.2 Å². The van der Waals surface area contributed by atoms with Gasteiger partial charge in [0.15, 0.2) is 0 Å². The molecule has 0 radical (unpaired) electrons. The quantitative estimate of drug-likeness (QED) is 0.793. The molecule has 0 saturated carbocycles. The Kier molecular flexibility index (Phi) is 4.42. The number of aryl methyl sites for hydroxylation is 2. The molecule has 5 heteroatoms. The minimum atomic E-state index is -0.379. The van der Waals surface area contributed by atoms with Gasteiger partial charge in [0.05, 0.1) is 17.8 Å². The SMILES string of the molecule is Cc1ccc(-n2nc(C)cc2NC(=O)Cc2ccccc2F)cc1. The summed E-state index contributed by atoms with van der Waals surface area (Å²) < 4.78 is 15.4. The maximum absolute atomic E-state index is 13.7. The number of carbonyl (C=O) groups is 1. The lowest BCUT2D eigenvalue weighted by atomic mass is 10.1. The summed E-state index contributed by atoms with van der Waals surface area (Å²) in [5.74, 6) is -0.0954. The van der Waals surface area contributed by atoms with E-state index >= 15 is 0 Å². The van der Waals surface area contributed by atoms with E-state index in [0.29, 0.717) is 11.4 Å². The Morgan fingerprint density at radius 1 is 1.12 bits per heavy atom. The lowest BCUT2D eigenvalue weighted by Crippen LogP contribution is -2.17. The van der Waals surface area contributed by atoms with E-state index in [1.165, 1.54) is 6.07 Å². The predicted octanol–water partition coefficient (Wildman–Crippen LogP) is 3.81. The summed E-state index contributed by atoms with van der Waals surface area (Å²) in [6.07, 6.45) is -0.0230. The number of rotatable bonds is 4. The van der Waals surface area contributed by atoms with Crippen LogP contribution in [-0.4, -0.2) is 15.7 Å². The second-order valence-electron chi connectivity index (χ2n) is 5.73. The number of halogens is 1. The Morgan fingerprint density at radius 2 is 1.83 bits per heavy atom. The lowest BCUT2D eigenvalue weighted by Gasteiger charge is -2.09. The highest BCUT2D eigenvalue weighted by molar-refractivity contribution is 5.91.